The largest absolute Gasteiger partial charge is 0.399 e. The molecule has 0 radical (unpaired) electrons. The van der Waals surface area contributed by atoms with Gasteiger partial charge in [-0.15, -0.1) is 12.4 Å². The molecule has 1 aromatic rings. The third kappa shape index (κ3) is 3.96. The maximum atomic E-state index is 12.8. The molecule has 2 N–H and O–H groups in total. The van der Waals surface area contributed by atoms with Gasteiger partial charge in [-0.3, -0.25) is 9.59 Å². The van der Waals surface area contributed by atoms with E-state index >= 15 is 0 Å². The van der Waals surface area contributed by atoms with Crippen molar-refractivity contribution in [1.29, 1.82) is 0 Å². The first-order chi connectivity index (χ1) is 10.5. The van der Waals surface area contributed by atoms with Gasteiger partial charge in [0.25, 0.3) is 5.91 Å². The summed E-state index contributed by atoms with van der Waals surface area (Å²) in [5, 5.41) is 0. The van der Waals surface area contributed by atoms with E-state index in [2.05, 4.69) is 0 Å². The summed E-state index contributed by atoms with van der Waals surface area (Å²) >= 11 is 0. The molecule has 1 unspecified atom stereocenters. The predicted molar refractivity (Wildman–Crippen MR) is 94.8 cm³/mol. The highest BCUT2D eigenvalue weighted by Gasteiger charge is 2.36. The number of nitrogens with two attached hydrogens (primary N) is 1. The number of nitrogens with zero attached hydrogens (tertiary/aromatic N) is 2. The molecule has 1 aliphatic rings. The molecule has 0 bridgehead atoms. The van der Waals surface area contributed by atoms with E-state index in [4.69, 9.17) is 5.73 Å². The Morgan fingerprint density at radius 1 is 1.30 bits per heavy atom. The molecule has 1 aliphatic heterocycles. The Morgan fingerprint density at radius 3 is 2.57 bits per heavy atom. The third-order valence-electron chi connectivity index (χ3n) is 4.37. The van der Waals surface area contributed by atoms with Crippen LogP contribution in [0.1, 0.15) is 42.6 Å². The molecule has 0 saturated carbocycles. The van der Waals surface area contributed by atoms with Crippen LogP contribution in [0.5, 0.6) is 0 Å². The van der Waals surface area contributed by atoms with Crippen LogP contribution < -0.4 is 5.73 Å². The van der Waals surface area contributed by atoms with E-state index < -0.39 is 0 Å². The molecule has 0 aliphatic carbocycles. The van der Waals surface area contributed by atoms with Gasteiger partial charge >= 0.3 is 0 Å². The van der Waals surface area contributed by atoms with E-state index in [0.29, 0.717) is 30.9 Å². The van der Waals surface area contributed by atoms with Gasteiger partial charge in [-0.2, -0.15) is 0 Å². The maximum absolute atomic E-state index is 12.8. The number of halogens is 1. The van der Waals surface area contributed by atoms with Gasteiger partial charge in [0.15, 0.2) is 0 Å². The Labute approximate surface area is 144 Å². The number of carbonyl (C=O) groups excluding carboxylic acids is 2. The number of amides is 2. The van der Waals surface area contributed by atoms with Crippen LogP contribution in [0.2, 0.25) is 0 Å². The lowest BCUT2D eigenvalue weighted by molar-refractivity contribution is -0.134. The number of anilines is 1. The Hall–Kier alpha value is -1.75. The van der Waals surface area contributed by atoms with Crippen molar-refractivity contribution in [2.75, 3.05) is 25.4 Å². The van der Waals surface area contributed by atoms with E-state index in [1.807, 2.05) is 26.8 Å². The van der Waals surface area contributed by atoms with E-state index in [-0.39, 0.29) is 30.3 Å². The number of likely N-dealkylation sites (N-methyl/N-ethyl adjacent to an activating group) is 1. The summed E-state index contributed by atoms with van der Waals surface area (Å²) in [6.07, 6.45) is 1.60. The first kappa shape index (κ1) is 19.3. The zero-order chi connectivity index (χ0) is 16.3. The van der Waals surface area contributed by atoms with Gasteiger partial charge in [0.1, 0.15) is 6.04 Å². The van der Waals surface area contributed by atoms with Gasteiger partial charge in [0.2, 0.25) is 5.91 Å². The predicted octanol–water partition coefficient (Wildman–Crippen LogP) is 2.47. The van der Waals surface area contributed by atoms with E-state index in [1.165, 1.54) is 0 Å². The number of hydrogen-bond acceptors (Lipinski definition) is 3. The van der Waals surface area contributed by atoms with Gasteiger partial charge in [0, 0.05) is 30.9 Å². The molecular weight excluding hydrogens is 314 g/mol. The minimum atomic E-state index is -0.340. The summed E-state index contributed by atoms with van der Waals surface area (Å²) in [7, 11) is 0. The highest BCUT2D eigenvalue weighted by Crippen LogP contribution is 2.24. The van der Waals surface area contributed by atoms with Crippen molar-refractivity contribution in [2.45, 2.75) is 39.7 Å². The van der Waals surface area contributed by atoms with Gasteiger partial charge < -0.3 is 15.5 Å². The van der Waals surface area contributed by atoms with Crippen molar-refractivity contribution in [3.05, 3.63) is 29.3 Å². The monoisotopic (exact) mass is 339 g/mol. The van der Waals surface area contributed by atoms with Crippen molar-refractivity contribution in [2.24, 2.45) is 0 Å². The second-order valence-electron chi connectivity index (χ2n) is 5.74. The number of aryl methyl sites for hydroxylation is 1. The van der Waals surface area contributed by atoms with E-state index in [1.54, 1.807) is 21.9 Å². The van der Waals surface area contributed by atoms with Crippen molar-refractivity contribution in [3.63, 3.8) is 0 Å². The molecule has 0 spiro atoms. The number of benzene rings is 1. The second kappa shape index (κ2) is 8.20. The average Bonchev–Trinajstić information content (AvgIpc) is 2.99. The average molecular weight is 340 g/mol. The smallest absolute Gasteiger partial charge is 0.254 e. The van der Waals surface area contributed by atoms with Gasteiger partial charge in [-0.1, -0.05) is 6.07 Å². The van der Waals surface area contributed by atoms with Gasteiger partial charge in [-0.05, 0) is 51.3 Å². The summed E-state index contributed by atoms with van der Waals surface area (Å²) in [5.41, 5.74) is 7.86. The Morgan fingerprint density at radius 2 is 1.96 bits per heavy atom. The molecule has 2 amide bonds. The fourth-order valence-electron chi connectivity index (χ4n) is 3.04. The molecule has 2 rings (SSSR count). The normalized spacial score (nSPS) is 16.8. The lowest BCUT2D eigenvalue weighted by atomic mass is 10.1. The lowest BCUT2D eigenvalue weighted by Crippen LogP contribution is -2.47. The minimum absolute atomic E-state index is 0. The van der Waals surface area contributed by atoms with Crippen LogP contribution in [0.15, 0.2) is 18.2 Å². The molecule has 5 nitrogen and oxygen atoms in total. The van der Waals surface area contributed by atoms with Crippen molar-refractivity contribution >= 4 is 29.9 Å². The first-order valence-electron chi connectivity index (χ1n) is 7.95. The summed E-state index contributed by atoms with van der Waals surface area (Å²) < 4.78 is 0. The number of carbonyl (C=O) groups is 2. The quantitative estimate of drug-likeness (QED) is 0.857. The zero-order valence-electron chi connectivity index (χ0n) is 14.0. The molecule has 1 heterocycles. The third-order valence-corrected chi connectivity index (χ3v) is 4.37. The second-order valence-corrected chi connectivity index (χ2v) is 5.74. The number of nitrogen functional groups attached to an aromatic ring is 1. The van der Waals surface area contributed by atoms with Crippen LogP contribution >= 0.6 is 12.4 Å². The van der Waals surface area contributed by atoms with Crippen molar-refractivity contribution < 1.29 is 9.59 Å². The van der Waals surface area contributed by atoms with Crippen LogP contribution in [0, 0.1) is 6.92 Å². The molecule has 1 fully saturated rings. The van der Waals surface area contributed by atoms with Gasteiger partial charge in [-0.25, -0.2) is 0 Å². The molecular formula is C17H26ClN3O2. The molecule has 6 heteroatoms. The highest BCUT2D eigenvalue weighted by atomic mass is 35.5. The number of rotatable bonds is 4. The SMILES string of the molecule is CCN(CC)C(=O)C1CCCN1C(=O)c1cc(N)ccc1C.Cl. The Kier molecular flexibility index (Phi) is 6.88. The molecule has 1 saturated heterocycles. The lowest BCUT2D eigenvalue weighted by Gasteiger charge is -2.29. The molecule has 0 aromatic heterocycles. The summed E-state index contributed by atoms with van der Waals surface area (Å²) in [5.74, 6) is -0.0368. The standard InChI is InChI=1S/C17H25N3O2.ClH/c1-4-19(5-2)17(22)15-7-6-10-20(15)16(21)14-11-13(18)9-8-12(14)3;/h8-9,11,15H,4-7,10,18H2,1-3H3;1H. The van der Waals surface area contributed by atoms with Gasteiger partial charge in [0.05, 0.1) is 0 Å². The van der Waals surface area contributed by atoms with Crippen LogP contribution in [0.25, 0.3) is 0 Å². The van der Waals surface area contributed by atoms with Crippen LogP contribution in [0.4, 0.5) is 5.69 Å². The Bertz CT molecular complexity index is 573. The summed E-state index contributed by atoms with van der Waals surface area (Å²) in [6, 6.07) is 5.00. The molecule has 128 valence electrons. The molecule has 23 heavy (non-hydrogen) atoms. The van der Waals surface area contributed by atoms with Crippen molar-refractivity contribution in [3.8, 4) is 0 Å². The summed E-state index contributed by atoms with van der Waals surface area (Å²) in [4.78, 5) is 29.0. The van der Waals surface area contributed by atoms with Crippen LogP contribution in [-0.4, -0.2) is 47.3 Å². The molecule has 1 aromatic carbocycles. The van der Waals surface area contributed by atoms with Crippen molar-refractivity contribution in [1.82, 2.24) is 9.80 Å². The molecule has 1 atom stereocenters. The zero-order valence-corrected chi connectivity index (χ0v) is 14.9. The minimum Gasteiger partial charge on any atom is -0.399 e. The van der Waals surface area contributed by atoms with E-state index in [0.717, 1.165) is 18.4 Å². The topological polar surface area (TPSA) is 66.6 Å². The number of likely N-dealkylation sites (tertiary alicyclic amines) is 1. The van der Waals surface area contributed by atoms with E-state index in [9.17, 15) is 9.59 Å². The first-order valence-corrected chi connectivity index (χ1v) is 7.95. The maximum Gasteiger partial charge on any atom is 0.254 e. The fourth-order valence-corrected chi connectivity index (χ4v) is 3.04. The highest BCUT2D eigenvalue weighted by molar-refractivity contribution is 5.99. The Balaban J connectivity index is 0.00000264. The van der Waals surface area contributed by atoms with Crippen LogP contribution in [0.3, 0.4) is 0 Å². The number of hydrogen-bond donors (Lipinski definition) is 1. The van der Waals surface area contributed by atoms with Crippen LogP contribution in [-0.2, 0) is 4.79 Å². The fraction of sp³-hybridized carbons (Fsp3) is 0.529. The summed E-state index contributed by atoms with van der Waals surface area (Å²) in [6.45, 7) is 7.79.